The molecule has 3 saturated heterocycles. The van der Waals surface area contributed by atoms with Crippen LogP contribution in [0.15, 0.2) is 60.9 Å². The average molecular weight is 1970 g/mol. The maximum Gasteiger partial charge on any atom is 0.246 e. The van der Waals surface area contributed by atoms with E-state index in [-0.39, 0.29) is 212 Å². The van der Waals surface area contributed by atoms with Crippen LogP contribution in [0, 0.1) is 50.2 Å². The van der Waals surface area contributed by atoms with Crippen LogP contribution in [0.25, 0.3) is 21.8 Å². The molecule has 141 heavy (non-hydrogen) atoms. The summed E-state index contributed by atoms with van der Waals surface area (Å²) in [7, 11) is 0. The lowest BCUT2D eigenvalue weighted by Gasteiger charge is -2.34. The molecule has 4 aromatic rings. The van der Waals surface area contributed by atoms with Crippen molar-refractivity contribution in [2.45, 2.75) is 280 Å². The Balaban J connectivity index is 1.39. The number of nitrogens with two attached hydrogens (primary N) is 7. The van der Waals surface area contributed by atoms with Crippen LogP contribution in [0.5, 0.6) is 0 Å². The summed E-state index contributed by atoms with van der Waals surface area (Å²) in [5.41, 5.74) is 42.6. The predicted molar refractivity (Wildman–Crippen MR) is 533 cm³/mol. The van der Waals surface area contributed by atoms with Crippen LogP contribution >= 0.6 is 0 Å². The summed E-state index contributed by atoms with van der Waals surface area (Å²) < 4.78 is 0. The van der Waals surface area contributed by atoms with Crippen LogP contribution in [0.2, 0.25) is 0 Å². The molecule has 40 N–H and O–H groups in total. The molecule has 49 nitrogen and oxygen atoms in total. The fraction of sp³-hybridized carbons (Fsp3) is 0.609. The van der Waals surface area contributed by atoms with Gasteiger partial charge in [0.15, 0.2) is 35.8 Å². The predicted octanol–water partition coefficient (Wildman–Crippen LogP) is -3.91. The molecule has 5 heterocycles. The lowest BCUT2D eigenvalue weighted by atomic mass is 9.95. The third-order valence-corrected chi connectivity index (χ3v) is 25.3. The summed E-state index contributed by atoms with van der Waals surface area (Å²) in [6.07, 6.45) is 3.74. The zero-order valence-corrected chi connectivity index (χ0v) is 81.6. The first-order valence-electron chi connectivity index (χ1n) is 48.8. The van der Waals surface area contributed by atoms with Gasteiger partial charge < -0.3 is 156 Å². The number of carbonyl (C=O) groups is 14. The van der Waals surface area contributed by atoms with Crippen LogP contribution in [0.4, 0.5) is 0 Å². The number of hydrogen-bond donors (Lipinski definition) is 33. The number of amides is 14. The van der Waals surface area contributed by atoms with Crippen molar-refractivity contribution in [2.24, 2.45) is 57.9 Å². The van der Waals surface area contributed by atoms with Crippen molar-refractivity contribution in [3.05, 3.63) is 72.1 Å². The second kappa shape index (κ2) is 57.9. The fourth-order valence-corrected chi connectivity index (χ4v) is 17.3. The van der Waals surface area contributed by atoms with Gasteiger partial charge in [0.2, 0.25) is 82.7 Å². The number of fused-ring (bicyclic) bond motifs is 4. The van der Waals surface area contributed by atoms with Crippen molar-refractivity contribution < 1.29 is 67.1 Å². The topological polar surface area (TPSA) is 819 Å². The number of benzene rings is 2. The number of H-pyrrole nitrogens is 2. The summed E-state index contributed by atoms with van der Waals surface area (Å²) in [6.45, 7) is 10.6. The van der Waals surface area contributed by atoms with Crippen molar-refractivity contribution in [3.63, 3.8) is 0 Å². The Hall–Kier alpha value is -14.3. The Morgan fingerprint density at radius 2 is 0.617 bits per heavy atom. The molecule has 3 fully saturated rings. The van der Waals surface area contributed by atoms with Crippen LogP contribution in [0.3, 0.4) is 0 Å². The number of guanidine groups is 6. The molecule has 3 aliphatic rings. The number of aromatic nitrogens is 2. The number of carbonyl (C=O) groups excluding carboxylic acids is 14. The van der Waals surface area contributed by atoms with Crippen molar-refractivity contribution in [1.82, 2.24) is 115 Å². The van der Waals surface area contributed by atoms with Gasteiger partial charge in [0.05, 0.1) is 0 Å². The van der Waals surface area contributed by atoms with Gasteiger partial charge in [-0.3, -0.25) is 99.6 Å². The number of unbranched alkanes of at least 4 members (excludes halogenated alkanes) is 1. The molecule has 7 rings (SSSR count). The molecule has 3 aliphatic heterocycles. The zero-order valence-electron chi connectivity index (χ0n) is 81.6. The summed E-state index contributed by atoms with van der Waals surface area (Å²) >= 11 is 0. The summed E-state index contributed by atoms with van der Waals surface area (Å²) in [5.74, 6) is -16.4. The molecule has 14 amide bonds. The van der Waals surface area contributed by atoms with Crippen LogP contribution in [-0.2, 0) is 80.0 Å². The van der Waals surface area contributed by atoms with Crippen molar-refractivity contribution >= 4 is 140 Å². The first kappa shape index (κ1) is 114. The summed E-state index contributed by atoms with van der Waals surface area (Å²) in [6, 6.07) is -6.35. The van der Waals surface area contributed by atoms with E-state index in [9.17, 15) is 0 Å². The van der Waals surface area contributed by atoms with Gasteiger partial charge in [0.25, 0.3) is 0 Å². The van der Waals surface area contributed by atoms with Gasteiger partial charge in [-0.2, -0.15) is 0 Å². The van der Waals surface area contributed by atoms with E-state index in [1.807, 2.05) is 0 Å². The van der Waals surface area contributed by atoms with E-state index in [1.54, 1.807) is 102 Å². The van der Waals surface area contributed by atoms with Crippen LogP contribution < -0.4 is 136 Å². The number of hydrogen-bond acceptors (Lipinski definition) is 21. The van der Waals surface area contributed by atoms with E-state index >= 15 is 67.1 Å². The minimum absolute atomic E-state index is 0.00424. The molecule has 0 aliphatic carbocycles. The monoisotopic (exact) mass is 1970 g/mol. The molecule has 2 aromatic heterocycles. The van der Waals surface area contributed by atoms with Gasteiger partial charge in [-0.15, -0.1) is 0 Å². The Bertz CT molecular complexity index is 4970. The van der Waals surface area contributed by atoms with Gasteiger partial charge in [-0.1, -0.05) is 90.8 Å². The largest absolute Gasteiger partial charge is 0.370 e. The minimum atomic E-state index is -1.59. The Kier molecular flexibility index (Phi) is 46.7. The van der Waals surface area contributed by atoms with E-state index in [4.69, 9.17) is 72.6 Å². The summed E-state index contributed by atoms with van der Waals surface area (Å²) in [5, 5.41) is 98.7. The number of rotatable bonds is 38. The lowest BCUT2D eigenvalue weighted by Crippen LogP contribution is -2.62. The van der Waals surface area contributed by atoms with E-state index in [1.165, 1.54) is 9.80 Å². The van der Waals surface area contributed by atoms with Crippen molar-refractivity contribution in [3.8, 4) is 0 Å². The molecule has 2 aromatic carbocycles. The molecular formula is C92H151N35O14. The highest BCUT2D eigenvalue weighted by Gasteiger charge is 2.46. The van der Waals surface area contributed by atoms with Crippen LogP contribution in [0.1, 0.15) is 194 Å². The standard InChI is InChI=1S/C92H151N35O14/c1-7-51(5)71-83(138)118-62(30-17-39-108-89(98)99)76(131)122-67(46-53-48-112-57-25-11-9-23-55(53)57)80(135)115-59(27-13-14-36-93)73(128)114-61(29-16-38-107-88(96)97)75(130)121-66(45-50(3)4)79(134)116-60(28-15-37-106-87(94)95)74(129)120-65(33-20-42-111-92(104)105)85(140)127-44-22-35-70(127)86(141)126-43-21-34-69(126)82(137)123-68(47-54-49-113-58-26-12-10-24-56(54)58)81(136)117-63(31-18-40-109-90(100)101)77(132)124-72(52(6)8-2)84(139)119-64(78(133)125-71)32-19-41-110-91(102)103/h9-12,23-26,48-52,59-72,112-113H,7-8,13-22,27-47,93H2,1-6H3,(H,114,128)(H,115,135)(H,116,134)(H,117,136)(H,118,138)(H,119,139)(H,120,129)(H,121,130)(H,122,131)(H,123,137)(H,124,132)(H,125,133)(H4,94,95,106)(H4,96,97,107)(H4,98,99,108)(H4,100,101,109)(H4,102,103,110)(H4,104,105,111). The highest BCUT2D eigenvalue weighted by atomic mass is 16.2. The van der Waals surface area contributed by atoms with E-state index in [0.29, 0.717) is 39.4 Å². The fourth-order valence-electron chi connectivity index (χ4n) is 17.3. The molecular weight excluding hydrogens is 1820 g/mol. The summed E-state index contributed by atoms with van der Waals surface area (Å²) in [4.78, 5) is 225. The van der Waals surface area contributed by atoms with Gasteiger partial charge >= 0.3 is 0 Å². The number of aromatic amines is 2. The SMILES string of the molecule is CCC(C)C1NC(=O)C(CCCNC(=N)N)NC(=O)C(C(C)CC)NC(=O)C(CCCNC(=N)N)NC(=O)C(Cc2c[nH]c3ccccc23)NC(=O)C2CCCN2C(=O)C2CCCN2C(=O)C(CCCNC(=N)N)NC(=O)C(CCCNC(=N)N)NC(=O)C(CC(C)C)NC(=O)C(CCCNC(=N)N)NC(=O)C(CCCCN)NC(=O)C(Cc2c[nH]c3ccccc23)NC(=O)C(CCCNC(=N)N)NC1=O. The smallest absolute Gasteiger partial charge is 0.246 e. The Labute approximate surface area is 820 Å². The Morgan fingerprint density at radius 3 is 0.957 bits per heavy atom. The lowest BCUT2D eigenvalue weighted by molar-refractivity contribution is -0.148. The minimum Gasteiger partial charge on any atom is -0.370 e. The van der Waals surface area contributed by atoms with E-state index in [2.05, 4.69) is 106 Å². The van der Waals surface area contributed by atoms with Crippen molar-refractivity contribution in [1.29, 1.82) is 32.5 Å². The molecule has 0 radical (unpaired) electrons. The molecule has 49 heteroatoms. The average Bonchev–Trinajstić information content (AvgIpc) is 1.66. The molecule has 16 unspecified atom stereocenters. The molecule has 0 saturated carbocycles. The Morgan fingerprint density at radius 1 is 0.340 bits per heavy atom. The second-order valence-corrected chi connectivity index (χ2v) is 36.7. The number of nitrogens with zero attached hydrogens (tertiary/aromatic N) is 2. The molecule has 0 bridgehead atoms. The van der Waals surface area contributed by atoms with Crippen molar-refractivity contribution in [2.75, 3.05) is 58.9 Å². The first-order chi connectivity index (χ1) is 67.2. The van der Waals surface area contributed by atoms with E-state index in [0.717, 1.165) is 0 Å². The third-order valence-electron chi connectivity index (χ3n) is 25.3. The highest BCUT2D eigenvalue weighted by molar-refractivity contribution is 6.02. The normalized spacial score (nSPS) is 23.5. The molecule has 778 valence electrons. The zero-order chi connectivity index (χ0) is 104. The van der Waals surface area contributed by atoms with Gasteiger partial charge in [0.1, 0.15) is 84.6 Å². The van der Waals surface area contributed by atoms with Gasteiger partial charge in [0, 0.05) is 99.4 Å². The molecule has 16 atom stereocenters. The third kappa shape index (κ3) is 36.8. The van der Waals surface area contributed by atoms with Gasteiger partial charge in [-0.25, -0.2) is 0 Å². The quantitative estimate of drug-likeness (QED) is 0.0116. The highest BCUT2D eigenvalue weighted by Crippen LogP contribution is 2.29. The second-order valence-electron chi connectivity index (χ2n) is 36.7. The van der Waals surface area contributed by atoms with Gasteiger partial charge in [-0.05, 0) is 176 Å². The maximum absolute atomic E-state index is 15.6. The van der Waals surface area contributed by atoms with E-state index < -0.39 is 215 Å². The molecule has 0 spiro atoms. The first-order valence-corrected chi connectivity index (χ1v) is 48.8. The van der Waals surface area contributed by atoms with Crippen LogP contribution in [-0.4, -0.2) is 282 Å². The number of para-hydroxylation sites is 2. The number of nitrogens with one attached hydrogen (secondary N) is 26. The maximum atomic E-state index is 15.6.